The maximum atomic E-state index is 11.3. The summed E-state index contributed by atoms with van der Waals surface area (Å²) in [6.07, 6.45) is 16.3. The van der Waals surface area contributed by atoms with Crippen LogP contribution in [0.25, 0.3) is 0 Å². The summed E-state index contributed by atoms with van der Waals surface area (Å²) >= 11 is 0. The summed E-state index contributed by atoms with van der Waals surface area (Å²) in [6, 6.07) is -0.221. The molecule has 0 spiro atoms. The quantitative estimate of drug-likeness (QED) is 0.494. The lowest BCUT2D eigenvalue weighted by Crippen LogP contribution is -2.39. The van der Waals surface area contributed by atoms with E-state index < -0.39 is 5.97 Å². The molecule has 0 aliphatic carbocycles. The van der Waals surface area contributed by atoms with Crippen LogP contribution in [-0.2, 0) is 4.79 Å². The van der Waals surface area contributed by atoms with Crippen molar-refractivity contribution in [1.29, 1.82) is 0 Å². The Labute approximate surface area is 131 Å². The van der Waals surface area contributed by atoms with Crippen molar-refractivity contribution < 1.29 is 9.90 Å². The number of likely N-dealkylation sites (tertiary alicyclic amines) is 1. The van der Waals surface area contributed by atoms with E-state index in [1.165, 1.54) is 70.6 Å². The third kappa shape index (κ3) is 8.45. The third-order valence-corrected chi connectivity index (χ3v) is 4.70. The number of carboxylic acids is 1. The summed E-state index contributed by atoms with van der Waals surface area (Å²) in [5.74, 6) is -0.618. The number of rotatable bonds is 13. The Morgan fingerprint density at radius 2 is 1.38 bits per heavy atom. The number of unbranched alkanes of at least 4 members (excludes halogenated alkanes) is 9. The molecule has 0 saturated carbocycles. The minimum Gasteiger partial charge on any atom is -0.480 e. The van der Waals surface area contributed by atoms with E-state index in [4.69, 9.17) is 0 Å². The van der Waals surface area contributed by atoms with Crippen LogP contribution in [0, 0.1) is 0 Å². The predicted octanol–water partition coefficient (Wildman–Crippen LogP) is 4.85. The summed E-state index contributed by atoms with van der Waals surface area (Å²) in [7, 11) is 0. The maximum Gasteiger partial charge on any atom is 0.320 e. The number of carbonyl (C=O) groups is 1. The summed E-state index contributed by atoms with van der Waals surface area (Å²) in [6.45, 7) is 4.22. The van der Waals surface area contributed by atoms with Gasteiger partial charge in [-0.25, -0.2) is 0 Å². The minimum absolute atomic E-state index is 0.221. The van der Waals surface area contributed by atoms with Gasteiger partial charge in [-0.3, -0.25) is 9.69 Å². The van der Waals surface area contributed by atoms with E-state index in [-0.39, 0.29) is 6.04 Å². The molecule has 1 fully saturated rings. The molecule has 0 aromatic rings. The van der Waals surface area contributed by atoms with Crippen LogP contribution in [0.1, 0.15) is 90.4 Å². The maximum absolute atomic E-state index is 11.3. The van der Waals surface area contributed by atoms with Crippen LogP contribution < -0.4 is 0 Å². The van der Waals surface area contributed by atoms with Gasteiger partial charge < -0.3 is 5.11 Å². The first-order chi connectivity index (χ1) is 10.3. The minimum atomic E-state index is -0.618. The van der Waals surface area contributed by atoms with Gasteiger partial charge in [0.05, 0.1) is 0 Å². The highest BCUT2D eigenvalue weighted by atomic mass is 16.4. The zero-order valence-electron chi connectivity index (χ0n) is 14.0. The van der Waals surface area contributed by atoms with Crippen LogP contribution in [0.15, 0.2) is 0 Å². The second-order valence-corrected chi connectivity index (χ2v) is 6.57. The second-order valence-electron chi connectivity index (χ2n) is 6.57. The zero-order chi connectivity index (χ0) is 15.3. The Bertz CT molecular complexity index is 262. The molecule has 0 radical (unpaired) electrons. The van der Waals surface area contributed by atoms with Crippen LogP contribution >= 0.6 is 0 Å². The summed E-state index contributed by atoms with van der Waals surface area (Å²) in [4.78, 5) is 13.5. The number of aliphatic carboxylic acids is 1. The van der Waals surface area contributed by atoms with E-state index in [0.29, 0.717) is 0 Å². The summed E-state index contributed by atoms with van der Waals surface area (Å²) < 4.78 is 0. The molecule has 1 rings (SSSR count). The van der Waals surface area contributed by atoms with Gasteiger partial charge in [0, 0.05) is 0 Å². The Kier molecular flexibility index (Phi) is 10.6. The summed E-state index contributed by atoms with van der Waals surface area (Å²) in [5.41, 5.74) is 0. The molecule has 0 bridgehead atoms. The molecule has 1 saturated heterocycles. The van der Waals surface area contributed by atoms with E-state index in [2.05, 4.69) is 11.8 Å². The Hall–Kier alpha value is -0.570. The van der Waals surface area contributed by atoms with Gasteiger partial charge in [-0.1, -0.05) is 71.1 Å². The van der Waals surface area contributed by atoms with E-state index >= 15 is 0 Å². The lowest BCUT2D eigenvalue weighted by molar-refractivity contribution is -0.143. The largest absolute Gasteiger partial charge is 0.480 e. The monoisotopic (exact) mass is 297 g/mol. The van der Waals surface area contributed by atoms with Crippen molar-refractivity contribution in [2.45, 2.75) is 96.4 Å². The molecule has 1 unspecified atom stereocenters. The standard InChI is InChI=1S/C18H35NO2/c1-2-3-4-5-6-7-8-9-10-11-14-17(18(20)21)19-15-12-13-16-19/h17H,2-16H2,1H3,(H,20,21). The van der Waals surface area contributed by atoms with Crippen molar-refractivity contribution in [1.82, 2.24) is 4.90 Å². The van der Waals surface area contributed by atoms with Crippen LogP contribution in [0.3, 0.4) is 0 Å². The Balaban J connectivity index is 1.95. The Morgan fingerprint density at radius 3 is 1.86 bits per heavy atom. The topological polar surface area (TPSA) is 40.5 Å². The van der Waals surface area contributed by atoms with Gasteiger partial charge in [-0.05, 0) is 32.4 Å². The number of hydrogen-bond acceptors (Lipinski definition) is 2. The molecule has 1 heterocycles. The van der Waals surface area contributed by atoms with Gasteiger partial charge in [0.25, 0.3) is 0 Å². The van der Waals surface area contributed by atoms with Crippen molar-refractivity contribution in [3.05, 3.63) is 0 Å². The molecule has 1 N–H and O–H groups in total. The molecule has 3 heteroatoms. The molecule has 3 nitrogen and oxygen atoms in total. The van der Waals surface area contributed by atoms with Crippen molar-refractivity contribution in [3.63, 3.8) is 0 Å². The molecule has 1 aliphatic rings. The smallest absolute Gasteiger partial charge is 0.320 e. The number of hydrogen-bond donors (Lipinski definition) is 1. The molecule has 0 aromatic heterocycles. The normalized spacial score (nSPS) is 17.2. The lowest BCUT2D eigenvalue weighted by Gasteiger charge is -2.23. The first-order valence-electron chi connectivity index (χ1n) is 9.22. The first-order valence-corrected chi connectivity index (χ1v) is 9.22. The summed E-state index contributed by atoms with van der Waals surface area (Å²) in [5, 5.41) is 9.34. The van der Waals surface area contributed by atoms with Gasteiger partial charge >= 0.3 is 5.97 Å². The van der Waals surface area contributed by atoms with Crippen molar-refractivity contribution in [2.75, 3.05) is 13.1 Å². The number of nitrogens with zero attached hydrogens (tertiary/aromatic N) is 1. The fourth-order valence-electron chi connectivity index (χ4n) is 3.34. The number of carboxylic acid groups (broad SMARTS) is 1. The van der Waals surface area contributed by atoms with Gasteiger partial charge in [-0.15, -0.1) is 0 Å². The average Bonchev–Trinajstić information content (AvgIpc) is 2.98. The third-order valence-electron chi connectivity index (χ3n) is 4.70. The van der Waals surface area contributed by atoms with Gasteiger partial charge in [0.1, 0.15) is 6.04 Å². The molecular formula is C18H35NO2. The van der Waals surface area contributed by atoms with E-state index in [1.807, 2.05) is 0 Å². The van der Waals surface area contributed by atoms with E-state index in [1.54, 1.807) is 0 Å². The van der Waals surface area contributed by atoms with Crippen LogP contribution in [-0.4, -0.2) is 35.1 Å². The van der Waals surface area contributed by atoms with Gasteiger partial charge in [0.15, 0.2) is 0 Å². The van der Waals surface area contributed by atoms with Gasteiger partial charge in [0.2, 0.25) is 0 Å². The highest BCUT2D eigenvalue weighted by Gasteiger charge is 2.26. The SMILES string of the molecule is CCCCCCCCCCCCC(C(=O)O)N1CCCC1. The van der Waals surface area contributed by atoms with Crippen molar-refractivity contribution >= 4 is 5.97 Å². The molecule has 1 atom stereocenters. The predicted molar refractivity (Wildman–Crippen MR) is 88.7 cm³/mol. The van der Waals surface area contributed by atoms with Crippen molar-refractivity contribution in [3.8, 4) is 0 Å². The average molecular weight is 297 g/mol. The van der Waals surface area contributed by atoms with Crippen LogP contribution in [0.5, 0.6) is 0 Å². The Morgan fingerprint density at radius 1 is 0.905 bits per heavy atom. The fraction of sp³-hybridized carbons (Fsp3) is 0.944. The molecular weight excluding hydrogens is 262 g/mol. The molecule has 0 aromatic carbocycles. The second kappa shape index (κ2) is 12.0. The van der Waals surface area contributed by atoms with Crippen molar-refractivity contribution in [2.24, 2.45) is 0 Å². The molecule has 1 aliphatic heterocycles. The first kappa shape index (κ1) is 18.5. The highest BCUT2D eigenvalue weighted by Crippen LogP contribution is 2.18. The van der Waals surface area contributed by atoms with E-state index in [9.17, 15) is 9.90 Å². The van der Waals surface area contributed by atoms with Gasteiger partial charge in [-0.2, -0.15) is 0 Å². The molecule has 21 heavy (non-hydrogen) atoms. The van der Waals surface area contributed by atoms with Crippen LogP contribution in [0.4, 0.5) is 0 Å². The molecule has 124 valence electrons. The zero-order valence-corrected chi connectivity index (χ0v) is 14.0. The van der Waals surface area contributed by atoms with E-state index in [0.717, 1.165) is 25.9 Å². The van der Waals surface area contributed by atoms with Crippen LogP contribution in [0.2, 0.25) is 0 Å². The molecule has 0 amide bonds. The fourth-order valence-corrected chi connectivity index (χ4v) is 3.34. The highest BCUT2D eigenvalue weighted by molar-refractivity contribution is 5.73. The lowest BCUT2D eigenvalue weighted by atomic mass is 10.0.